The summed E-state index contributed by atoms with van der Waals surface area (Å²) in [5.41, 5.74) is 8.49. The molecule has 0 bridgehead atoms. The number of anilines is 2. The Labute approximate surface area is 156 Å². The first-order valence-corrected chi connectivity index (χ1v) is 9.38. The van der Waals surface area contributed by atoms with Gasteiger partial charge in [0.1, 0.15) is 0 Å². The van der Waals surface area contributed by atoms with E-state index in [0.29, 0.717) is 18.3 Å². The van der Waals surface area contributed by atoms with Gasteiger partial charge in [0.05, 0.1) is 11.7 Å². The van der Waals surface area contributed by atoms with E-state index in [0.717, 1.165) is 29.8 Å². The summed E-state index contributed by atoms with van der Waals surface area (Å²) in [7, 11) is 0. The zero-order chi connectivity index (χ0) is 18.5. The summed E-state index contributed by atoms with van der Waals surface area (Å²) in [4.78, 5) is 27.9. The molecule has 0 aliphatic carbocycles. The van der Waals surface area contributed by atoms with E-state index in [4.69, 9.17) is 10.5 Å². The topological polar surface area (TPSA) is 106 Å². The van der Waals surface area contributed by atoms with Crippen LogP contribution in [0.4, 0.5) is 10.8 Å². The molecule has 1 atom stereocenters. The van der Waals surface area contributed by atoms with Crippen LogP contribution in [0.3, 0.4) is 0 Å². The van der Waals surface area contributed by atoms with Gasteiger partial charge in [-0.25, -0.2) is 4.98 Å². The van der Waals surface area contributed by atoms with Crippen LogP contribution in [-0.2, 0) is 14.3 Å². The second-order valence-electron chi connectivity index (χ2n) is 6.26. The predicted molar refractivity (Wildman–Crippen MR) is 102 cm³/mol. The normalized spacial score (nSPS) is 16.1. The number of carbonyl (C=O) groups is 2. The van der Waals surface area contributed by atoms with Crippen LogP contribution in [-0.4, -0.2) is 36.1 Å². The number of nitrogens with zero attached hydrogens (tertiary/aromatic N) is 1. The molecule has 0 saturated carbocycles. The van der Waals surface area contributed by atoms with E-state index < -0.39 is 6.04 Å². The average Bonchev–Trinajstić information content (AvgIpc) is 3.10. The van der Waals surface area contributed by atoms with Crippen molar-refractivity contribution in [3.8, 4) is 11.3 Å². The fourth-order valence-electron chi connectivity index (χ4n) is 2.87. The molecule has 2 aromatic rings. The number of aromatic nitrogens is 1. The number of benzene rings is 1. The lowest BCUT2D eigenvalue weighted by atomic mass is 9.92. The van der Waals surface area contributed by atoms with Crippen molar-refractivity contribution in [2.45, 2.75) is 25.8 Å². The number of nitrogens with two attached hydrogens (primary N) is 1. The van der Waals surface area contributed by atoms with Crippen LogP contribution >= 0.6 is 11.3 Å². The standard InChI is InChI=1S/C18H22N4O3S/c1-11(23)20-14-4-2-12(3-5-14)15-10-26-18(21-15)22-17(24)16(19)13-6-8-25-9-7-13/h2-5,10,13,16H,6-9,19H2,1H3,(H,20,23)(H,21,22,24). The maximum absolute atomic E-state index is 12.4. The van der Waals surface area contributed by atoms with Crippen LogP contribution in [0.25, 0.3) is 11.3 Å². The fraction of sp³-hybridized carbons (Fsp3) is 0.389. The van der Waals surface area contributed by atoms with Crippen molar-refractivity contribution in [3.63, 3.8) is 0 Å². The van der Waals surface area contributed by atoms with E-state index in [2.05, 4.69) is 15.6 Å². The number of ether oxygens (including phenoxy) is 1. The first kappa shape index (κ1) is 18.5. The second-order valence-corrected chi connectivity index (χ2v) is 7.12. The van der Waals surface area contributed by atoms with Gasteiger partial charge in [0.2, 0.25) is 11.8 Å². The first-order chi connectivity index (χ1) is 12.5. The van der Waals surface area contributed by atoms with Crippen LogP contribution in [0.5, 0.6) is 0 Å². The average molecular weight is 374 g/mol. The third kappa shape index (κ3) is 4.66. The molecule has 1 aliphatic rings. The van der Waals surface area contributed by atoms with Gasteiger partial charge in [-0.3, -0.25) is 9.59 Å². The van der Waals surface area contributed by atoms with Gasteiger partial charge in [-0.05, 0) is 30.9 Å². The van der Waals surface area contributed by atoms with Crippen molar-refractivity contribution in [1.29, 1.82) is 0 Å². The number of thiazole rings is 1. The van der Waals surface area contributed by atoms with Gasteiger partial charge in [0, 0.05) is 36.8 Å². The molecule has 8 heteroatoms. The maximum Gasteiger partial charge on any atom is 0.243 e. The summed E-state index contributed by atoms with van der Waals surface area (Å²) in [6, 6.07) is 6.83. The highest BCUT2D eigenvalue weighted by Gasteiger charge is 2.27. The van der Waals surface area contributed by atoms with Crippen molar-refractivity contribution >= 4 is 34.0 Å². The van der Waals surface area contributed by atoms with Gasteiger partial charge in [0.25, 0.3) is 0 Å². The zero-order valence-corrected chi connectivity index (χ0v) is 15.3. The van der Waals surface area contributed by atoms with Gasteiger partial charge in [-0.1, -0.05) is 12.1 Å². The summed E-state index contributed by atoms with van der Waals surface area (Å²) in [5.74, 6) is -0.180. The van der Waals surface area contributed by atoms with E-state index in [-0.39, 0.29) is 17.7 Å². The molecule has 26 heavy (non-hydrogen) atoms. The highest BCUT2D eigenvalue weighted by atomic mass is 32.1. The molecule has 7 nitrogen and oxygen atoms in total. The van der Waals surface area contributed by atoms with E-state index in [1.54, 1.807) is 0 Å². The van der Waals surface area contributed by atoms with Gasteiger partial charge in [0.15, 0.2) is 5.13 Å². The van der Waals surface area contributed by atoms with Crippen LogP contribution in [0, 0.1) is 5.92 Å². The number of rotatable bonds is 5. The van der Waals surface area contributed by atoms with Gasteiger partial charge >= 0.3 is 0 Å². The van der Waals surface area contributed by atoms with Gasteiger partial charge in [-0.2, -0.15) is 0 Å². The van der Waals surface area contributed by atoms with Crippen LogP contribution < -0.4 is 16.4 Å². The van der Waals surface area contributed by atoms with E-state index >= 15 is 0 Å². The van der Waals surface area contributed by atoms with E-state index in [9.17, 15) is 9.59 Å². The number of hydrogen-bond donors (Lipinski definition) is 3. The van der Waals surface area contributed by atoms with Crippen LogP contribution in [0.2, 0.25) is 0 Å². The summed E-state index contributed by atoms with van der Waals surface area (Å²) in [6.45, 7) is 2.78. The summed E-state index contributed by atoms with van der Waals surface area (Å²) >= 11 is 1.36. The van der Waals surface area contributed by atoms with Crippen LogP contribution in [0.1, 0.15) is 19.8 Å². The van der Waals surface area contributed by atoms with Gasteiger partial charge < -0.3 is 21.1 Å². The Balaban J connectivity index is 1.62. The quantitative estimate of drug-likeness (QED) is 0.745. The largest absolute Gasteiger partial charge is 0.381 e. The molecule has 0 spiro atoms. The molecule has 1 aliphatic heterocycles. The molecular formula is C18H22N4O3S. The molecule has 0 radical (unpaired) electrons. The highest BCUT2D eigenvalue weighted by molar-refractivity contribution is 7.14. The number of nitrogens with one attached hydrogen (secondary N) is 2. The lowest BCUT2D eigenvalue weighted by Crippen LogP contribution is -2.43. The Bertz CT molecular complexity index is 769. The van der Waals surface area contributed by atoms with Crippen molar-refractivity contribution in [3.05, 3.63) is 29.6 Å². The molecule has 1 aromatic carbocycles. The molecule has 3 rings (SSSR count). The summed E-state index contributed by atoms with van der Waals surface area (Å²) < 4.78 is 5.31. The van der Waals surface area contributed by atoms with Crippen molar-refractivity contribution in [2.24, 2.45) is 11.7 Å². The second kappa shape index (κ2) is 8.39. The Hall–Kier alpha value is -2.29. The summed E-state index contributed by atoms with van der Waals surface area (Å²) in [5, 5.41) is 7.94. The molecule has 2 amide bonds. The monoisotopic (exact) mass is 374 g/mol. The third-order valence-corrected chi connectivity index (χ3v) is 5.07. The SMILES string of the molecule is CC(=O)Nc1ccc(-c2csc(NC(=O)C(N)C3CCOCC3)n2)cc1. The minimum absolute atomic E-state index is 0.114. The smallest absolute Gasteiger partial charge is 0.243 e. The fourth-order valence-corrected chi connectivity index (χ4v) is 3.59. The number of hydrogen-bond acceptors (Lipinski definition) is 6. The Kier molecular flexibility index (Phi) is 5.97. The molecule has 1 saturated heterocycles. The molecule has 4 N–H and O–H groups in total. The van der Waals surface area contributed by atoms with Crippen molar-refractivity contribution in [1.82, 2.24) is 4.98 Å². The van der Waals surface area contributed by atoms with E-state index in [1.165, 1.54) is 18.3 Å². The Morgan fingerprint density at radius 3 is 2.58 bits per heavy atom. The summed E-state index contributed by atoms with van der Waals surface area (Å²) in [6.07, 6.45) is 1.61. The highest BCUT2D eigenvalue weighted by Crippen LogP contribution is 2.26. The minimum atomic E-state index is -0.553. The van der Waals surface area contributed by atoms with Crippen molar-refractivity contribution in [2.75, 3.05) is 23.8 Å². The minimum Gasteiger partial charge on any atom is -0.381 e. The van der Waals surface area contributed by atoms with Gasteiger partial charge in [-0.15, -0.1) is 11.3 Å². The molecule has 1 fully saturated rings. The number of amides is 2. The van der Waals surface area contributed by atoms with E-state index in [1.807, 2.05) is 29.6 Å². The molecule has 1 aromatic heterocycles. The zero-order valence-electron chi connectivity index (χ0n) is 14.5. The van der Waals surface area contributed by atoms with Crippen LogP contribution in [0.15, 0.2) is 29.6 Å². The maximum atomic E-state index is 12.4. The first-order valence-electron chi connectivity index (χ1n) is 8.50. The molecule has 138 valence electrons. The lowest BCUT2D eigenvalue weighted by Gasteiger charge is -2.26. The number of carbonyl (C=O) groups excluding carboxylic acids is 2. The Morgan fingerprint density at radius 2 is 1.92 bits per heavy atom. The molecule has 1 unspecified atom stereocenters. The molecule has 2 heterocycles. The Morgan fingerprint density at radius 1 is 1.23 bits per heavy atom. The lowest BCUT2D eigenvalue weighted by molar-refractivity contribution is -0.119. The van der Waals surface area contributed by atoms with Crippen molar-refractivity contribution < 1.29 is 14.3 Å². The molecular weight excluding hydrogens is 352 g/mol. The predicted octanol–water partition coefficient (Wildman–Crippen LogP) is 2.46. The third-order valence-electron chi connectivity index (χ3n) is 4.31.